The first-order valence-corrected chi connectivity index (χ1v) is 8.32. The largest absolute Gasteiger partial charge is 0.313 e. The molecule has 20 heavy (non-hydrogen) atoms. The van der Waals surface area contributed by atoms with E-state index in [1.807, 2.05) is 7.05 Å². The van der Waals surface area contributed by atoms with Crippen LogP contribution in [-0.2, 0) is 6.42 Å². The topological polar surface area (TPSA) is 12.0 Å². The van der Waals surface area contributed by atoms with Gasteiger partial charge in [-0.1, -0.05) is 36.4 Å². The summed E-state index contributed by atoms with van der Waals surface area (Å²) in [7, 11) is 2.03. The molecule has 0 saturated carbocycles. The number of thiophene rings is 1. The summed E-state index contributed by atoms with van der Waals surface area (Å²) < 4.78 is 1.17. The highest BCUT2D eigenvalue weighted by atomic mass is 79.9. The Labute approximate surface area is 131 Å². The lowest BCUT2D eigenvalue weighted by atomic mass is 9.99. The third kappa shape index (κ3) is 2.95. The number of hydrogen-bond acceptors (Lipinski definition) is 2. The molecule has 2 aromatic carbocycles. The number of rotatable bonds is 4. The summed E-state index contributed by atoms with van der Waals surface area (Å²) >= 11 is 5.33. The highest BCUT2D eigenvalue weighted by molar-refractivity contribution is 9.10. The molecule has 1 N–H and O–H groups in total. The Hall–Kier alpha value is -1.16. The van der Waals surface area contributed by atoms with E-state index in [0.717, 1.165) is 6.42 Å². The summed E-state index contributed by atoms with van der Waals surface area (Å²) in [5, 5.41) is 8.17. The van der Waals surface area contributed by atoms with Gasteiger partial charge in [-0.3, -0.25) is 0 Å². The minimum absolute atomic E-state index is 0.352. The summed E-state index contributed by atoms with van der Waals surface area (Å²) in [6, 6.07) is 17.8. The van der Waals surface area contributed by atoms with Crippen LogP contribution in [0, 0.1) is 0 Å². The van der Waals surface area contributed by atoms with Gasteiger partial charge in [0.1, 0.15) is 0 Å². The van der Waals surface area contributed by atoms with E-state index in [-0.39, 0.29) is 0 Å². The number of halogens is 1. The molecular formula is C17H16BrNS. The van der Waals surface area contributed by atoms with Crippen LogP contribution in [0.15, 0.2) is 58.4 Å². The zero-order valence-corrected chi connectivity index (χ0v) is 13.7. The Kier molecular flexibility index (Phi) is 4.20. The van der Waals surface area contributed by atoms with Crippen molar-refractivity contribution >= 4 is 38.0 Å². The molecule has 0 amide bonds. The minimum Gasteiger partial charge on any atom is -0.313 e. The van der Waals surface area contributed by atoms with Gasteiger partial charge < -0.3 is 5.32 Å². The summed E-state index contributed by atoms with van der Waals surface area (Å²) in [4.78, 5) is 1.39. The van der Waals surface area contributed by atoms with Gasteiger partial charge in [-0.05, 0) is 51.4 Å². The second kappa shape index (κ2) is 6.08. The summed E-state index contributed by atoms with van der Waals surface area (Å²) in [5.74, 6) is 0. The first-order valence-electron chi connectivity index (χ1n) is 6.65. The van der Waals surface area contributed by atoms with Crippen LogP contribution in [0.4, 0.5) is 0 Å². The summed E-state index contributed by atoms with van der Waals surface area (Å²) in [5.41, 5.74) is 1.34. The fourth-order valence-corrected chi connectivity index (χ4v) is 3.97. The van der Waals surface area contributed by atoms with Gasteiger partial charge in [0, 0.05) is 27.2 Å². The zero-order valence-electron chi connectivity index (χ0n) is 11.3. The number of likely N-dealkylation sites (N-methyl/N-ethyl adjacent to an activating group) is 1. The average molecular weight is 346 g/mol. The van der Waals surface area contributed by atoms with E-state index in [2.05, 4.69) is 75.2 Å². The predicted molar refractivity (Wildman–Crippen MR) is 91.5 cm³/mol. The van der Waals surface area contributed by atoms with Gasteiger partial charge in [0.25, 0.3) is 0 Å². The number of nitrogens with one attached hydrogen (secondary N) is 1. The van der Waals surface area contributed by atoms with E-state index < -0.39 is 0 Å². The zero-order chi connectivity index (χ0) is 13.9. The molecule has 0 aliphatic carbocycles. The second-order valence-electron chi connectivity index (χ2n) is 4.88. The van der Waals surface area contributed by atoms with Crippen LogP contribution in [-0.4, -0.2) is 7.05 Å². The molecule has 1 unspecified atom stereocenters. The molecule has 0 aliphatic heterocycles. The van der Waals surface area contributed by atoms with Gasteiger partial charge in [-0.15, -0.1) is 11.3 Å². The minimum atomic E-state index is 0.352. The third-order valence-electron chi connectivity index (χ3n) is 3.55. The number of fused-ring (bicyclic) bond motifs is 1. The van der Waals surface area contributed by atoms with Crippen molar-refractivity contribution in [2.75, 3.05) is 7.05 Å². The average Bonchev–Trinajstić information content (AvgIpc) is 2.89. The van der Waals surface area contributed by atoms with Gasteiger partial charge in [0.15, 0.2) is 0 Å². The Morgan fingerprint density at radius 3 is 2.60 bits per heavy atom. The van der Waals surface area contributed by atoms with Crippen LogP contribution in [0.2, 0.25) is 0 Å². The normalized spacial score (nSPS) is 12.7. The van der Waals surface area contributed by atoms with E-state index in [9.17, 15) is 0 Å². The van der Waals surface area contributed by atoms with E-state index in [1.165, 1.54) is 25.7 Å². The fraction of sp³-hybridized carbons (Fsp3) is 0.176. The lowest BCUT2D eigenvalue weighted by Crippen LogP contribution is -2.18. The van der Waals surface area contributed by atoms with Crippen molar-refractivity contribution < 1.29 is 0 Å². The molecule has 0 radical (unpaired) electrons. The molecule has 1 aromatic heterocycles. The van der Waals surface area contributed by atoms with Crippen LogP contribution >= 0.6 is 27.3 Å². The van der Waals surface area contributed by atoms with Gasteiger partial charge in [0.2, 0.25) is 0 Å². The molecule has 1 heterocycles. The lowest BCUT2D eigenvalue weighted by Gasteiger charge is -2.16. The highest BCUT2D eigenvalue weighted by Gasteiger charge is 2.12. The first kappa shape index (κ1) is 13.8. The lowest BCUT2D eigenvalue weighted by molar-refractivity contribution is 0.597. The number of hydrogen-bond donors (Lipinski definition) is 1. The summed E-state index contributed by atoms with van der Waals surface area (Å²) in [6.45, 7) is 0. The van der Waals surface area contributed by atoms with Crippen LogP contribution in [0.25, 0.3) is 10.8 Å². The first-order chi connectivity index (χ1) is 9.76. The Bertz CT molecular complexity index is 720. The molecule has 102 valence electrons. The van der Waals surface area contributed by atoms with Crippen molar-refractivity contribution in [1.29, 1.82) is 0 Å². The predicted octanol–water partition coefficient (Wildman–Crippen LogP) is 5.17. The smallest absolute Gasteiger partial charge is 0.0366 e. The maximum Gasteiger partial charge on any atom is 0.0366 e. The van der Waals surface area contributed by atoms with Crippen LogP contribution in [0.5, 0.6) is 0 Å². The molecule has 0 aliphatic rings. The van der Waals surface area contributed by atoms with Crippen molar-refractivity contribution in [3.8, 4) is 0 Å². The molecule has 0 spiro atoms. The molecule has 0 bridgehead atoms. The van der Waals surface area contributed by atoms with E-state index in [0.29, 0.717) is 6.04 Å². The number of benzene rings is 2. The molecule has 1 atom stereocenters. The van der Waals surface area contributed by atoms with Gasteiger partial charge in [0.05, 0.1) is 0 Å². The van der Waals surface area contributed by atoms with E-state index in [4.69, 9.17) is 0 Å². The molecule has 1 nitrogen and oxygen atoms in total. The van der Waals surface area contributed by atoms with Gasteiger partial charge >= 0.3 is 0 Å². The van der Waals surface area contributed by atoms with Crippen LogP contribution < -0.4 is 5.32 Å². The van der Waals surface area contributed by atoms with Gasteiger partial charge in [-0.2, -0.15) is 0 Å². The van der Waals surface area contributed by atoms with Crippen molar-refractivity contribution in [1.82, 2.24) is 5.32 Å². The Balaban J connectivity index is 1.90. The summed E-state index contributed by atoms with van der Waals surface area (Å²) in [6.07, 6.45) is 1.02. The molecule has 3 rings (SSSR count). The van der Waals surface area contributed by atoms with Crippen molar-refractivity contribution in [3.05, 3.63) is 68.8 Å². The van der Waals surface area contributed by atoms with Crippen LogP contribution in [0.1, 0.15) is 16.5 Å². The Morgan fingerprint density at radius 1 is 1.10 bits per heavy atom. The van der Waals surface area contributed by atoms with Crippen molar-refractivity contribution in [2.45, 2.75) is 12.5 Å². The Morgan fingerprint density at radius 2 is 1.90 bits per heavy atom. The molecular weight excluding hydrogens is 330 g/mol. The third-order valence-corrected chi connectivity index (χ3v) is 5.27. The van der Waals surface area contributed by atoms with Crippen molar-refractivity contribution in [3.63, 3.8) is 0 Å². The molecule has 3 heteroatoms. The maximum absolute atomic E-state index is 3.52. The SMILES string of the molecule is CNC(Cc1cc(Br)cs1)c1ccc2ccccc2c1. The van der Waals surface area contributed by atoms with E-state index in [1.54, 1.807) is 11.3 Å². The monoisotopic (exact) mass is 345 g/mol. The molecule has 3 aromatic rings. The van der Waals surface area contributed by atoms with Gasteiger partial charge in [-0.25, -0.2) is 0 Å². The fourth-order valence-electron chi connectivity index (χ4n) is 2.47. The van der Waals surface area contributed by atoms with Crippen LogP contribution in [0.3, 0.4) is 0 Å². The van der Waals surface area contributed by atoms with Crippen molar-refractivity contribution in [2.24, 2.45) is 0 Å². The maximum atomic E-state index is 3.52. The standard InChI is InChI=1S/C17H16BrNS/c1-19-17(10-16-9-15(18)11-20-16)14-7-6-12-4-2-3-5-13(12)8-14/h2-9,11,17,19H,10H2,1H3. The highest BCUT2D eigenvalue weighted by Crippen LogP contribution is 2.27. The molecule has 0 fully saturated rings. The van der Waals surface area contributed by atoms with E-state index >= 15 is 0 Å². The quantitative estimate of drug-likeness (QED) is 0.687. The second-order valence-corrected chi connectivity index (χ2v) is 6.79. The molecule has 0 saturated heterocycles.